The van der Waals surface area contributed by atoms with E-state index in [9.17, 15) is 9.59 Å². The summed E-state index contributed by atoms with van der Waals surface area (Å²) in [6.45, 7) is 18.1. The lowest BCUT2D eigenvalue weighted by Crippen LogP contribution is -2.28. The number of aromatic nitrogens is 3. The van der Waals surface area contributed by atoms with Crippen molar-refractivity contribution in [2.75, 3.05) is 26.2 Å². The van der Waals surface area contributed by atoms with Gasteiger partial charge in [0.25, 0.3) is 0 Å². The molecular formula is C51H98N4O5. The summed E-state index contributed by atoms with van der Waals surface area (Å²) < 4.78 is 19.4. The number of hydrogen-bond donors (Lipinski definition) is 0. The zero-order valence-electron chi connectivity index (χ0n) is 40.6. The van der Waals surface area contributed by atoms with Gasteiger partial charge in [-0.15, -0.1) is 5.10 Å². The molecule has 1 aromatic rings. The molecule has 0 fully saturated rings. The van der Waals surface area contributed by atoms with E-state index in [-0.39, 0.29) is 23.6 Å². The third-order valence-electron chi connectivity index (χ3n) is 11.6. The molecule has 0 spiro atoms. The molecule has 0 saturated carbocycles. The highest BCUT2D eigenvalue weighted by atomic mass is 16.5. The van der Waals surface area contributed by atoms with Gasteiger partial charge in [-0.2, -0.15) is 0 Å². The number of rotatable bonds is 44. The molecule has 0 aliphatic carbocycles. The highest BCUT2D eigenvalue weighted by Gasteiger charge is 2.15. The van der Waals surface area contributed by atoms with Gasteiger partial charge in [-0.25, -0.2) is 0 Å². The van der Waals surface area contributed by atoms with Gasteiger partial charge >= 0.3 is 11.9 Å². The molecule has 60 heavy (non-hydrogen) atoms. The Morgan fingerprint density at radius 1 is 0.583 bits per heavy atom. The van der Waals surface area contributed by atoms with E-state index in [0.717, 1.165) is 83.2 Å². The zero-order chi connectivity index (χ0) is 43.8. The molecule has 0 N–H and O–H groups in total. The number of unbranched alkanes of at least 4 members (excludes halogenated alkanes) is 23. The minimum atomic E-state index is -0.197. The van der Waals surface area contributed by atoms with Gasteiger partial charge in [0.15, 0.2) is 0 Å². The van der Waals surface area contributed by atoms with Crippen molar-refractivity contribution in [3.05, 3.63) is 11.9 Å². The molecule has 1 atom stereocenters. The van der Waals surface area contributed by atoms with Gasteiger partial charge in [-0.3, -0.25) is 14.3 Å². The van der Waals surface area contributed by atoms with Crippen LogP contribution in [0, 0.1) is 0 Å². The van der Waals surface area contributed by atoms with Gasteiger partial charge in [-0.05, 0) is 105 Å². The summed E-state index contributed by atoms with van der Waals surface area (Å²) in [5.74, 6) is -0.00468. The summed E-state index contributed by atoms with van der Waals surface area (Å²) in [5, 5.41) is 8.67. The monoisotopic (exact) mass is 847 g/mol. The van der Waals surface area contributed by atoms with Crippen molar-refractivity contribution in [1.82, 2.24) is 19.9 Å². The molecule has 1 heterocycles. The lowest BCUT2D eigenvalue weighted by molar-refractivity contribution is -0.150. The maximum absolute atomic E-state index is 12.9. The van der Waals surface area contributed by atoms with Crippen molar-refractivity contribution in [2.45, 2.75) is 278 Å². The Morgan fingerprint density at radius 3 is 1.57 bits per heavy atom. The molecule has 0 radical (unpaired) electrons. The molecule has 0 amide bonds. The third kappa shape index (κ3) is 36.6. The van der Waals surface area contributed by atoms with Gasteiger partial charge in [0, 0.05) is 19.4 Å². The molecule has 1 unspecified atom stereocenters. The van der Waals surface area contributed by atoms with E-state index in [0.29, 0.717) is 26.1 Å². The van der Waals surface area contributed by atoms with Crippen LogP contribution < -0.4 is 0 Å². The van der Waals surface area contributed by atoms with Crippen LogP contribution in [0.1, 0.15) is 259 Å². The Labute approximate surface area is 371 Å². The summed E-state index contributed by atoms with van der Waals surface area (Å²) in [6.07, 6.45) is 40.1. The highest BCUT2D eigenvalue weighted by Crippen LogP contribution is 2.19. The van der Waals surface area contributed by atoms with E-state index in [1.165, 1.54) is 148 Å². The first-order valence-electron chi connectivity index (χ1n) is 25.8. The number of ether oxygens (including phenoxy) is 3. The van der Waals surface area contributed by atoms with Crippen LogP contribution in [0.5, 0.6) is 0 Å². The lowest BCUT2D eigenvalue weighted by Gasteiger charge is -2.22. The molecule has 9 nitrogen and oxygen atoms in total. The first kappa shape index (κ1) is 56.0. The van der Waals surface area contributed by atoms with Gasteiger partial charge in [0.1, 0.15) is 11.8 Å². The number of carbonyl (C=O) groups is 2. The van der Waals surface area contributed by atoms with Crippen LogP contribution in [0.25, 0.3) is 0 Å². The van der Waals surface area contributed by atoms with Gasteiger partial charge < -0.3 is 19.1 Å². The fraction of sp³-hybridized carbons (Fsp3) is 0.922. The molecule has 0 saturated heterocycles. The molecular weight excluding hydrogens is 749 g/mol. The molecule has 1 aromatic heterocycles. The van der Waals surface area contributed by atoms with Gasteiger partial charge in [0.05, 0.1) is 25.0 Å². The van der Waals surface area contributed by atoms with Crippen molar-refractivity contribution < 1.29 is 23.8 Å². The fourth-order valence-electron chi connectivity index (χ4n) is 7.82. The average molecular weight is 847 g/mol. The van der Waals surface area contributed by atoms with E-state index in [1.807, 2.05) is 10.9 Å². The second-order valence-electron chi connectivity index (χ2n) is 18.8. The van der Waals surface area contributed by atoms with Crippen molar-refractivity contribution in [3.63, 3.8) is 0 Å². The van der Waals surface area contributed by atoms with Crippen LogP contribution in [-0.2, 0) is 37.0 Å². The topological polar surface area (TPSA) is 95.8 Å². The molecule has 9 heteroatoms. The van der Waals surface area contributed by atoms with E-state index in [1.54, 1.807) is 0 Å². The molecule has 0 aliphatic rings. The standard InChI is InChI=1S/C51H98N4O5/c1-7-10-13-16-18-27-34-44-58-49(56)38-30-23-19-25-32-40-54(42-35-43-55-45-47(52-53-55)46-59-51(4,5)6)41-33-26-20-24-31-39-50(57)60-48(36-28-21-15-12-9-3)37-29-22-17-14-11-8-2/h45,48H,7-44,46H2,1-6H3. The molecule has 0 aliphatic heterocycles. The van der Waals surface area contributed by atoms with Crippen LogP contribution in [0.4, 0.5) is 0 Å². The van der Waals surface area contributed by atoms with Gasteiger partial charge in [-0.1, -0.05) is 161 Å². The largest absolute Gasteiger partial charge is 0.466 e. The van der Waals surface area contributed by atoms with Crippen LogP contribution in [0.3, 0.4) is 0 Å². The predicted octanol–water partition coefficient (Wildman–Crippen LogP) is 14.3. The second-order valence-corrected chi connectivity index (χ2v) is 18.8. The zero-order valence-corrected chi connectivity index (χ0v) is 40.6. The number of carbonyl (C=O) groups excluding carboxylic acids is 2. The minimum Gasteiger partial charge on any atom is -0.466 e. The van der Waals surface area contributed by atoms with Crippen LogP contribution in [-0.4, -0.2) is 69.8 Å². The molecule has 352 valence electrons. The van der Waals surface area contributed by atoms with Crippen LogP contribution in [0.2, 0.25) is 0 Å². The summed E-state index contributed by atoms with van der Waals surface area (Å²) in [4.78, 5) is 27.7. The van der Waals surface area contributed by atoms with Crippen molar-refractivity contribution in [2.24, 2.45) is 0 Å². The van der Waals surface area contributed by atoms with Crippen molar-refractivity contribution in [3.8, 4) is 0 Å². The predicted molar refractivity (Wildman–Crippen MR) is 251 cm³/mol. The number of nitrogens with zero attached hydrogens (tertiary/aromatic N) is 4. The normalized spacial score (nSPS) is 12.4. The smallest absolute Gasteiger partial charge is 0.306 e. The van der Waals surface area contributed by atoms with Gasteiger partial charge in [0.2, 0.25) is 0 Å². The first-order chi connectivity index (χ1) is 29.2. The highest BCUT2D eigenvalue weighted by molar-refractivity contribution is 5.69. The maximum atomic E-state index is 12.9. The summed E-state index contributed by atoms with van der Waals surface area (Å²) in [5.41, 5.74) is 0.681. The van der Waals surface area contributed by atoms with E-state index in [2.05, 4.69) is 56.8 Å². The van der Waals surface area contributed by atoms with Crippen molar-refractivity contribution in [1.29, 1.82) is 0 Å². The van der Waals surface area contributed by atoms with E-state index < -0.39 is 0 Å². The number of aryl methyl sites for hydroxylation is 1. The Morgan fingerprint density at radius 2 is 1.03 bits per heavy atom. The SMILES string of the molecule is CCCCCCCCCOC(=O)CCCCCCCN(CCCCCCCC(=O)OC(CCCCCCC)CCCCCCCC)CCCn1cc(COC(C)(C)C)nn1. The summed E-state index contributed by atoms with van der Waals surface area (Å²) in [6, 6.07) is 0. The number of esters is 2. The maximum Gasteiger partial charge on any atom is 0.306 e. The minimum absolute atomic E-state index is 0.0192. The second kappa shape index (κ2) is 39.8. The Hall–Kier alpha value is -2.00. The third-order valence-corrected chi connectivity index (χ3v) is 11.6. The van der Waals surface area contributed by atoms with Crippen molar-refractivity contribution >= 4 is 11.9 Å². The number of hydrogen-bond acceptors (Lipinski definition) is 8. The first-order valence-corrected chi connectivity index (χ1v) is 25.8. The fourth-order valence-corrected chi connectivity index (χ4v) is 7.82. The van der Waals surface area contributed by atoms with E-state index >= 15 is 0 Å². The quantitative estimate of drug-likeness (QED) is 0.0473. The van der Waals surface area contributed by atoms with Crippen LogP contribution in [0.15, 0.2) is 6.20 Å². The molecule has 0 bridgehead atoms. The lowest BCUT2D eigenvalue weighted by atomic mass is 10.0. The molecule has 0 aromatic carbocycles. The summed E-state index contributed by atoms with van der Waals surface area (Å²) in [7, 11) is 0. The average Bonchev–Trinajstić information content (AvgIpc) is 3.68. The summed E-state index contributed by atoms with van der Waals surface area (Å²) >= 11 is 0. The Bertz CT molecular complexity index is 1110. The Balaban J connectivity index is 2.40. The Kier molecular flexibility index (Phi) is 37.2. The van der Waals surface area contributed by atoms with Crippen LogP contribution >= 0.6 is 0 Å². The van der Waals surface area contributed by atoms with E-state index in [4.69, 9.17) is 14.2 Å². The molecule has 1 rings (SSSR count).